The topological polar surface area (TPSA) is 29.5 Å². The molecule has 1 heterocycles. The third kappa shape index (κ3) is 6.65. The van der Waals surface area contributed by atoms with Gasteiger partial charge in [0.2, 0.25) is 0 Å². The van der Waals surface area contributed by atoms with Gasteiger partial charge in [0.15, 0.2) is 0 Å². The number of hydrogen-bond acceptors (Lipinski definition) is 2. The van der Waals surface area contributed by atoms with Gasteiger partial charge in [0.05, 0.1) is 19.6 Å². The van der Waals surface area contributed by atoms with Crippen LogP contribution in [0, 0.1) is 5.41 Å². The average Bonchev–Trinajstić information content (AvgIpc) is 2.99. The lowest BCUT2D eigenvalue weighted by Crippen LogP contribution is -2.51. The van der Waals surface area contributed by atoms with E-state index in [0.29, 0.717) is 12.0 Å². The van der Waals surface area contributed by atoms with Crippen LogP contribution in [-0.2, 0) is 5.41 Å². The van der Waals surface area contributed by atoms with Crippen molar-refractivity contribution in [2.45, 2.75) is 65.4 Å². The molecule has 2 rings (SSSR count). The minimum atomic E-state index is -0.444. The highest BCUT2D eigenvalue weighted by atomic mass is 16.5. The Morgan fingerprint density at radius 1 is 1.11 bits per heavy atom. The highest BCUT2D eigenvalue weighted by Crippen LogP contribution is 2.36. The summed E-state index contributed by atoms with van der Waals surface area (Å²) < 4.78 is 6.84. The van der Waals surface area contributed by atoms with Gasteiger partial charge in [-0.25, -0.2) is 0 Å². The normalized spacial score (nSPS) is 18.3. The Labute approximate surface area is 166 Å². The first-order valence-electron chi connectivity index (χ1n) is 10.4. The molecule has 1 saturated heterocycles. The van der Waals surface area contributed by atoms with Gasteiger partial charge >= 0.3 is 0 Å². The summed E-state index contributed by atoms with van der Waals surface area (Å²) in [6.45, 7) is 19.7. The summed E-state index contributed by atoms with van der Waals surface area (Å²) in [5.41, 5.74) is 1.76. The predicted molar refractivity (Wildman–Crippen MR) is 114 cm³/mol. The highest BCUT2D eigenvalue weighted by molar-refractivity contribution is 5.31. The molecule has 0 aliphatic carbocycles. The zero-order chi connectivity index (χ0) is 20.1. The maximum Gasteiger partial charge on any atom is 0.137 e. The lowest BCUT2D eigenvalue weighted by atomic mass is 9.72. The van der Waals surface area contributed by atoms with E-state index in [1.165, 1.54) is 18.4 Å². The molecule has 0 spiro atoms. The fraction of sp³-hybridized carbons (Fsp3) is 0.667. The van der Waals surface area contributed by atoms with E-state index >= 15 is 0 Å². The number of rotatable bonds is 9. The Morgan fingerprint density at radius 3 is 2.22 bits per heavy atom. The molecule has 0 saturated carbocycles. The van der Waals surface area contributed by atoms with Crippen LogP contribution < -0.4 is 4.74 Å². The van der Waals surface area contributed by atoms with E-state index in [1.54, 1.807) is 0 Å². The Morgan fingerprint density at radius 2 is 1.70 bits per heavy atom. The molecule has 1 aliphatic heterocycles. The number of benzene rings is 1. The fourth-order valence-corrected chi connectivity index (χ4v) is 4.84. The van der Waals surface area contributed by atoms with Crippen LogP contribution in [0.2, 0.25) is 0 Å². The minimum Gasteiger partial charge on any atom is -0.491 e. The van der Waals surface area contributed by atoms with Crippen molar-refractivity contribution in [3.8, 4) is 5.75 Å². The molecule has 152 valence electrons. The van der Waals surface area contributed by atoms with E-state index in [9.17, 15) is 5.11 Å². The summed E-state index contributed by atoms with van der Waals surface area (Å²) in [5, 5.41) is 10.5. The Bertz CT molecular complexity index is 592. The molecule has 1 fully saturated rings. The van der Waals surface area contributed by atoms with Crippen LogP contribution in [0.3, 0.4) is 0 Å². The summed E-state index contributed by atoms with van der Waals surface area (Å²) in [5.74, 6) is 0.834. The van der Waals surface area contributed by atoms with Crippen molar-refractivity contribution in [2.24, 2.45) is 5.41 Å². The second kappa shape index (κ2) is 8.79. The largest absolute Gasteiger partial charge is 0.491 e. The number of likely N-dealkylation sites (tertiary alicyclic amines) is 1. The fourth-order valence-electron chi connectivity index (χ4n) is 4.84. The number of hydrogen-bond donors (Lipinski definition) is 1. The molecule has 1 aromatic rings. The molecule has 3 heteroatoms. The average molecular weight is 375 g/mol. The van der Waals surface area contributed by atoms with Gasteiger partial charge in [-0.1, -0.05) is 53.3 Å². The minimum absolute atomic E-state index is 0.132. The molecular weight excluding hydrogens is 334 g/mol. The van der Waals surface area contributed by atoms with Gasteiger partial charge in [0.25, 0.3) is 0 Å². The molecule has 1 N–H and O–H groups in total. The second-order valence-electron chi connectivity index (χ2n) is 10.3. The first-order valence-corrected chi connectivity index (χ1v) is 10.4. The van der Waals surface area contributed by atoms with E-state index in [4.69, 9.17) is 4.74 Å². The summed E-state index contributed by atoms with van der Waals surface area (Å²) in [6.07, 6.45) is 5.15. The van der Waals surface area contributed by atoms with Crippen LogP contribution in [0.15, 0.2) is 36.9 Å². The van der Waals surface area contributed by atoms with Crippen molar-refractivity contribution in [1.82, 2.24) is 0 Å². The molecular formula is C24H40NO2+. The molecule has 27 heavy (non-hydrogen) atoms. The lowest BCUT2D eigenvalue weighted by Gasteiger charge is -2.35. The number of nitrogens with zero attached hydrogens (tertiary/aromatic N) is 1. The Hall–Kier alpha value is -1.32. The van der Waals surface area contributed by atoms with Gasteiger partial charge in [-0.05, 0) is 41.0 Å². The molecule has 1 aromatic carbocycles. The van der Waals surface area contributed by atoms with Crippen molar-refractivity contribution >= 4 is 0 Å². The smallest absolute Gasteiger partial charge is 0.137 e. The van der Waals surface area contributed by atoms with Crippen LogP contribution in [-0.4, -0.2) is 48.5 Å². The lowest BCUT2D eigenvalue weighted by molar-refractivity contribution is -0.914. The van der Waals surface area contributed by atoms with E-state index < -0.39 is 6.10 Å². The van der Waals surface area contributed by atoms with Gasteiger partial charge in [-0.2, -0.15) is 0 Å². The highest BCUT2D eigenvalue weighted by Gasteiger charge is 2.33. The third-order valence-electron chi connectivity index (χ3n) is 5.68. The van der Waals surface area contributed by atoms with Crippen molar-refractivity contribution in [3.63, 3.8) is 0 Å². The molecule has 0 radical (unpaired) electrons. The number of aliphatic hydroxyl groups excluding tert-OH is 1. The molecule has 0 amide bonds. The van der Waals surface area contributed by atoms with Crippen LogP contribution in [0.4, 0.5) is 0 Å². The number of aliphatic hydroxyl groups is 1. The quantitative estimate of drug-likeness (QED) is 0.490. The third-order valence-corrected chi connectivity index (χ3v) is 5.68. The first-order chi connectivity index (χ1) is 12.6. The summed E-state index contributed by atoms with van der Waals surface area (Å²) in [4.78, 5) is 0. The van der Waals surface area contributed by atoms with E-state index in [2.05, 4.69) is 53.3 Å². The summed E-state index contributed by atoms with van der Waals surface area (Å²) in [7, 11) is 0. The zero-order valence-corrected chi connectivity index (χ0v) is 18.1. The standard InChI is InChI=1S/C24H40NO2/c1-7-14-25(15-8-9-16-25)17-21(26)18-27-22-12-10-20(11-13-22)24(5,6)19-23(2,3)4/h7,10-13,21,26H,1,8-9,14-19H2,2-6H3/q+1. The van der Waals surface area contributed by atoms with Crippen LogP contribution in [0.1, 0.15) is 59.4 Å². The molecule has 1 unspecified atom stereocenters. The van der Waals surface area contributed by atoms with Crippen LogP contribution >= 0.6 is 0 Å². The van der Waals surface area contributed by atoms with Crippen molar-refractivity contribution in [2.75, 3.05) is 32.8 Å². The number of ether oxygens (including phenoxy) is 1. The molecule has 1 aliphatic rings. The van der Waals surface area contributed by atoms with Gasteiger partial charge < -0.3 is 14.3 Å². The van der Waals surface area contributed by atoms with Gasteiger partial charge in [0, 0.05) is 12.8 Å². The van der Waals surface area contributed by atoms with E-state index in [0.717, 1.165) is 42.8 Å². The van der Waals surface area contributed by atoms with E-state index in [-0.39, 0.29) is 5.41 Å². The monoisotopic (exact) mass is 374 g/mol. The molecule has 0 bridgehead atoms. The van der Waals surface area contributed by atoms with Gasteiger partial charge in [-0.3, -0.25) is 0 Å². The maximum atomic E-state index is 10.5. The first kappa shape index (κ1) is 22.0. The second-order valence-corrected chi connectivity index (χ2v) is 10.3. The van der Waals surface area contributed by atoms with Gasteiger partial charge in [-0.15, -0.1) is 0 Å². The Kier molecular flexibility index (Phi) is 7.15. The van der Waals surface area contributed by atoms with Crippen LogP contribution in [0.25, 0.3) is 0 Å². The summed E-state index contributed by atoms with van der Waals surface area (Å²) >= 11 is 0. The molecule has 1 atom stereocenters. The van der Waals surface area contributed by atoms with Gasteiger partial charge in [0.1, 0.15) is 25.0 Å². The van der Waals surface area contributed by atoms with Crippen LogP contribution in [0.5, 0.6) is 5.75 Å². The number of quaternary nitrogens is 1. The molecule has 3 nitrogen and oxygen atoms in total. The van der Waals surface area contributed by atoms with E-state index in [1.807, 2.05) is 18.2 Å². The van der Waals surface area contributed by atoms with Crippen molar-refractivity contribution in [3.05, 3.63) is 42.5 Å². The zero-order valence-electron chi connectivity index (χ0n) is 18.1. The SMILES string of the molecule is C=CC[N+]1(CC(O)COc2ccc(C(C)(C)CC(C)(C)C)cc2)CCCC1. The predicted octanol–water partition coefficient (Wildman–Crippen LogP) is 4.94. The molecule has 0 aromatic heterocycles. The van der Waals surface area contributed by atoms with Crippen molar-refractivity contribution in [1.29, 1.82) is 0 Å². The maximum absolute atomic E-state index is 10.5. The van der Waals surface area contributed by atoms with Crippen molar-refractivity contribution < 1.29 is 14.3 Å². The Balaban J connectivity index is 1.90. The summed E-state index contributed by atoms with van der Waals surface area (Å²) in [6, 6.07) is 8.41.